The van der Waals surface area contributed by atoms with Crippen LogP contribution in [0.2, 0.25) is 0 Å². The fourth-order valence-electron chi connectivity index (χ4n) is 2.71. The van der Waals surface area contributed by atoms with Crippen molar-refractivity contribution in [1.29, 1.82) is 0 Å². The van der Waals surface area contributed by atoms with Crippen LogP contribution < -0.4 is 11.1 Å². The summed E-state index contributed by atoms with van der Waals surface area (Å²) in [5, 5.41) is 3.04. The third-order valence-corrected chi connectivity index (χ3v) is 3.98. The maximum absolute atomic E-state index is 13.6. The molecule has 2 aromatic carbocycles. The molecule has 4 heteroatoms. The molecular weight excluding hydrogens is 303 g/mol. The standard InChI is InChI=1S/C20H25FN2O/c21-18-12-8-11-17(15-18)20(16-9-4-3-5-10-16)23-19(24)13-6-1-2-7-14-22/h3-5,8-12,15,20H,1-2,6-7,13-14,22H2,(H,23,24). The van der Waals surface area contributed by atoms with Crippen LogP contribution in [0.25, 0.3) is 0 Å². The molecule has 3 N–H and O–H groups in total. The zero-order chi connectivity index (χ0) is 17.2. The molecule has 0 aromatic heterocycles. The first-order valence-electron chi connectivity index (χ1n) is 8.50. The normalized spacial score (nSPS) is 11.9. The van der Waals surface area contributed by atoms with Crippen molar-refractivity contribution in [2.24, 2.45) is 5.73 Å². The first-order chi connectivity index (χ1) is 11.7. The number of rotatable bonds is 9. The number of nitrogens with one attached hydrogen (secondary N) is 1. The van der Waals surface area contributed by atoms with Gasteiger partial charge >= 0.3 is 0 Å². The van der Waals surface area contributed by atoms with E-state index in [0.29, 0.717) is 13.0 Å². The quantitative estimate of drug-likeness (QED) is 0.685. The molecule has 0 radical (unpaired) electrons. The highest BCUT2D eigenvalue weighted by atomic mass is 19.1. The van der Waals surface area contributed by atoms with Crippen molar-refractivity contribution in [3.63, 3.8) is 0 Å². The van der Waals surface area contributed by atoms with Crippen LogP contribution in [0.5, 0.6) is 0 Å². The molecular formula is C20H25FN2O. The number of hydrogen-bond acceptors (Lipinski definition) is 2. The zero-order valence-corrected chi connectivity index (χ0v) is 13.9. The summed E-state index contributed by atoms with van der Waals surface area (Å²) in [7, 11) is 0. The van der Waals surface area contributed by atoms with Gasteiger partial charge in [0.1, 0.15) is 5.82 Å². The Bertz CT molecular complexity index is 631. The largest absolute Gasteiger partial charge is 0.345 e. The number of halogens is 1. The second kappa shape index (κ2) is 9.83. The third-order valence-electron chi connectivity index (χ3n) is 3.98. The number of carbonyl (C=O) groups excluding carboxylic acids is 1. The Balaban J connectivity index is 2.03. The van der Waals surface area contributed by atoms with Crippen LogP contribution in [-0.2, 0) is 4.79 Å². The Hall–Kier alpha value is -2.20. The molecule has 0 heterocycles. The van der Waals surface area contributed by atoms with Gasteiger partial charge < -0.3 is 11.1 Å². The van der Waals surface area contributed by atoms with E-state index in [2.05, 4.69) is 5.32 Å². The summed E-state index contributed by atoms with van der Waals surface area (Å²) in [6.07, 6.45) is 4.37. The molecule has 128 valence electrons. The van der Waals surface area contributed by atoms with Crippen LogP contribution in [-0.4, -0.2) is 12.5 Å². The van der Waals surface area contributed by atoms with Gasteiger partial charge in [0.05, 0.1) is 6.04 Å². The monoisotopic (exact) mass is 328 g/mol. The van der Waals surface area contributed by atoms with Gasteiger partial charge in [0, 0.05) is 6.42 Å². The van der Waals surface area contributed by atoms with Gasteiger partial charge in [-0.3, -0.25) is 4.79 Å². The van der Waals surface area contributed by atoms with Crippen LogP contribution in [0, 0.1) is 5.82 Å². The van der Waals surface area contributed by atoms with Crippen molar-refractivity contribution in [3.8, 4) is 0 Å². The maximum Gasteiger partial charge on any atom is 0.220 e. The summed E-state index contributed by atoms with van der Waals surface area (Å²) in [6, 6.07) is 15.7. The minimum Gasteiger partial charge on any atom is -0.345 e. The number of benzene rings is 2. The third kappa shape index (κ3) is 5.78. The van der Waals surface area contributed by atoms with Gasteiger partial charge in [-0.25, -0.2) is 4.39 Å². The summed E-state index contributed by atoms with van der Waals surface area (Å²) in [6.45, 7) is 0.696. The summed E-state index contributed by atoms with van der Waals surface area (Å²) < 4.78 is 13.6. The van der Waals surface area contributed by atoms with E-state index in [1.54, 1.807) is 6.07 Å². The highest BCUT2D eigenvalue weighted by Crippen LogP contribution is 2.23. The Kier molecular flexibility index (Phi) is 7.43. The maximum atomic E-state index is 13.6. The van der Waals surface area contributed by atoms with E-state index in [9.17, 15) is 9.18 Å². The Morgan fingerprint density at radius 2 is 1.67 bits per heavy atom. The smallest absolute Gasteiger partial charge is 0.220 e. The Labute approximate surface area is 143 Å². The summed E-state index contributed by atoms with van der Waals surface area (Å²) in [5.74, 6) is -0.315. The van der Waals surface area contributed by atoms with E-state index in [-0.39, 0.29) is 17.8 Å². The topological polar surface area (TPSA) is 55.1 Å². The molecule has 0 aliphatic carbocycles. The average molecular weight is 328 g/mol. The van der Waals surface area contributed by atoms with Crippen molar-refractivity contribution < 1.29 is 9.18 Å². The van der Waals surface area contributed by atoms with E-state index < -0.39 is 0 Å². The van der Waals surface area contributed by atoms with Crippen molar-refractivity contribution in [2.75, 3.05) is 6.54 Å². The predicted molar refractivity (Wildman–Crippen MR) is 95.0 cm³/mol. The van der Waals surface area contributed by atoms with E-state index in [1.165, 1.54) is 12.1 Å². The van der Waals surface area contributed by atoms with Gasteiger partial charge in [0.25, 0.3) is 0 Å². The van der Waals surface area contributed by atoms with E-state index >= 15 is 0 Å². The molecule has 0 saturated heterocycles. The minimum atomic E-state index is -0.335. The van der Waals surface area contributed by atoms with Crippen LogP contribution in [0.1, 0.15) is 49.3 Å². The van der Waals surface area contributed by atoms with Gasteiger partial charge in [-0.15, -0.1) is 0 Å². The highest BCUT2D eigenvalue weighted by molar-refractivity contribution is 5.77. The van der Waals surface area contributed by atoms with E-state index in [4.69, 9.17) is 5.73 Å². The molecule has 2 rings (SSSR count). The summed E-state index contributed by atoms with van der Waals surface area (Å²) in [5.41, 5.74) is 7.16. The fraction of sp³-hybridized carbons (Fsp3) is 0.350. The molecule has 2 aromatic rings. The van der Waals surface area contributed by atoms with Crippen molar-refractivity contribution in [2.45, 2.75) is 38.1 Å². The van der Waals surface area contributed by atoms with Gasteiger partial charge in [0.15, 0.2) is 0 Å². The van der Waals surface area contributed by atoms with Crippen LogP contribution in [0.4, 0.5) is 4.39 Å². The molecule has 24 heavy (non-hydrogen) atoms. The van der Waals surface area contributed by atoms with E-state index in [1.807, 2.05) is 36.4 Å². The average Bonchev–Trinajstić information content (AvgIpc) is 2.60. The lowest BCUT2D eigenvalue weighted by atomic mass is 9.98. The first-order valence-corrected chi connectivity index (χ1v) is 8.50. The molecule has 0 saturated carbocycles. The highest BCUT2D eigenvalue weighted by Gasteiger charge is 2.17. The van der Waals surface area contributed by atoms with Gasteiger partial charge in [-0.05, 0) is 42.6 Å². The van der Waals surface area contributed by atoms with Crippen LogP contribution >= 0.6 is 0 Å². The second-order valence-electron chi connectivity index (χ2n) is 5.92. The number of carbonyl (C=O) groups is 1. The number of hydrogen-bond donors (Lipinski definition) is 2. The predicted octanol–water partition coefficient (Wildman–Crippen LogP) is 3.94. The number of unbranched alkanes of at least 4 members (excludes halogenated alkanes) is 3. The molecule has 0 fully saturated rings. The molecule has 0 spiro atoms. The van der Waals surface area contributed by atoms with E-state index in [0.717, 1.165) is 36.8 Å². The van der Waals surface area contributed by atoms with Gasteiger partial charge in [-0.1, -0.05) is 55.3 Å². The first kappa shape index (κ1) is 18.1. The molecule has 3 nitrogen and oxygen atoms in total. The molecule has 1 unspecified atom stereocenters. The van der Waals surface area contributed by atoms with Gasteiger partial charge in [-0.2, -0.15) is 0 Å². The molecule has 0 aliphatic rings. The second-order valence-corrected chi connectivity index (χ2v) is 5.92. The molecule has 0 aliphatic heterocycles. The van der Waals surface area contributed by atoms with Crippen molar-refractivity contribution >= 4 is 5.91 Å². The molecule has 0 bridgehead atoms. The fourth-order valence-corrected chi connectivity index (χ4v) is 2.71. The van der Waals surface area contributed by atoms with Crippen LogP contribution in [0.15, 0.2) is 54.6 Å². The lowest BCUT2D eigenvalue weighted by Gasteiger charge is -2.20. The van der Waals surface area contributed by atoms with Crippen molar-refractivity contribution in [3.05, 3.63) is 71.5 Å². The number of nitrogens with two attached hydrogens (primary N) is 1. The minimum absolute atomic E-state index is 0.0131. The zero-order valence-electron chi connectivity index (χ0n) is 13.9. The Morgan fingerprint density at radius 3 is 2.38 bits per heavy atom. The molecule has 1 amide bonds. The lowest BCUT2D eigenvalue weighted by Crippen LogP contribution is -2.29. The SMILES string of the molecule is NCCCCCCC(=O)NC(c1ccccc1)c1cccc(F)c1. The van der Waals surface area contributed by atoms with Crippen LogP contribution in [0.3, 0.4) is 0 Å². The van der Waals surface area contributed by atoms with Gasteiger partial charge in [0.2, 0.25) is 5.91 Å². The summed E-state index contributed by atoms with van der Waals surface area (Å²) in [4.78, 5) is 12.3. The molecule has 1 atom stereocenters. The number of amides is 1. The Morgan fingerprint density at radius 1 is 0.958 bits per heavy atom. The summed E-state index contributed by atoms with van der Waals surface area (Å²) >= 11 is 0. The van der Waals surface area contributed by atoms with Crippen molar-refractivity contribution in [1.82, 2.24) is 5.32 Å². The lowest BCUT2D eigenvalue weighted by molar-refractivity contribution is -0.121.